The summed E-state index contributed by atoms with van der Waals surface area (Å²) in [4.78, 5) is 14.3. The monoisotopic (exact) mass is 206 g/mol. The van der Waals surface area contributed by atoms with Crippen LogP contribution in [-0.2, 0) is 6.54 Å². The maximum atomic E-state index is 13.1. The van der Waals surface area contributed by atoms with Gasteiger partial charge >= 0.3 is 0 Å². The van der Waals surface area contributed by atoms with E-state index in [4.69, 9.17) is 5.73 Å². The zero-order chi connectivity index (χ0) is 11.1. The fourth-order valence-electron chi connectivity index (χ4n) is 1.03. The number of carbonyl (C=O) groups is 1. The molecule has 4 heteroatoms. The lowest BCUT2D eigenvalue weighted by atomic mass is 10.1. The summed E-state index contributed by atoms with van der Waals surface area (Å²) in [6.07, 6.45) is 4.96. The maximum Gasteiger partial charge on any atom is 0.152 e. The van der Waals surface area contributed by atoms with Crippen LogP contribution in [0.15, 0.2) is 35.5 Å². The Labute approximate surface area is 87.1 Å². The minimum atomic E-state index is -0.521. The van der Waals surface area contributed by atoms with Crippen LogP contribution >= 0.6 is 0 Å². The Hall–Kier alpha value is -1.97. The predicted octanol–water partition coefficient (Wildman–Crippen LogP) is 1.68. The smallest absolute Gasteiger partial charge is 0.152 e. The Morgan fingerprint density at radius 2 is 2.27 bits per heavy atom. The van der Waals surface area contributed by atoms with Crippen molar-refractivity contribution in [3.05, 3.63) is 47.4 Å². The minimum absolute atomic E-state index is 0.0598. The molecule has 0 aliphatic rings. The summed E-state index contributed by atoms with van der Waals surface area (Å²) in [7, 11) is 0. The molecule has 1 aromatic rings. The van der Waals surface area contributed by atoms with E-state index in [1.807, 2.05) is 0 Å². The molecule has 0 aliphatic heterocycles. The van der Waals surface area contributed by atoms with Crippen molar-refractivity contribution < 1.29 is 9.18 Å². The number of hydrogen-bond acceptors (Lipinski definition) is 3. The van der Waals surface area contributed by atoms with E-state index in [2.05, 4.69) is 4.99 Å². The van der Waals surface area contributed by atoms with E-state index in [9.17, 15) is 9.18 Å². The van der Waals surface area contributed by atoms with Gasteiger partial charge in [-0.25, -0.2) is 4.39 Å². The molecule has 0 bridgehead atoms. The predicted molar refractivity (Wildman–Crippen MR) is 57.3 cm³/mol. The van der Waals surface area contributed by atoms with Crippen LogP contribution < -0.4 is 5.73 Å². The molecule has 1 aromatic carbocycles. The van der Waals surface area contributed by atoms with Crippen LogP contribution in [0.25, 0.3) is 0 Å². The van der Waals surface area contributed by atoms with Crippen LogP contribution in [0.2, 0.25) is 0 Å². The Morgan fingerprint density at radius 3 is 2.87 bits per heavy atom. The second-order valence-corrected chi connectivity index (χ2v) is 2.85. The van der Waals surface area contributed by atoms with Gasteiger partial charge in [-0.3, -0.25) is 9.79 Å². The summed E-state index contributed by atoms with van der Waals surface area (Å²) in [5, 5.41) is 0. The molecule has 78 valence electrons. The number of aldehydes is 1. The number of allylic oxidation sites excluding steroid dienone is 1. The summed E-state index contributed by atoms with van der Waals surface area (Å²) in [6.45, 7) is 0.362. The third-order valence-corrected chi connectivity index (χ3v) is 1.77. The molecule has 0 heterocycles. The molecule has 0 atom stereocenters. The molecule has 0 saturated heterocycles. The van der Waals surface area contributed by atoms with Crippen LogP contribution in [0.3, 0.4) is 0 Å². The van der Waals surface area contributed by atoms with Gasteiger partial charge in [-0.1, -0.05) is 6.07 Å². The molecular weight excluding hydrogens is 195 g/mol. The molecule has 0 saturated carbocycles. The zero-order valence-corrected chi connectivity index (χ0v) is 8.06. The molecule has 3 nitrogen and oxygen atoms in total. The van der Waals surface area contributed by atoms with E-state index in [1.54, 1.807) is 12.1 Å². The molecule has 0 aliphatic carbocycles. The standard InChI is InChI=1S/C11H11FN2O/c12-11-6-9(2-3-10(11)8-15)7-14-5-1-4-13/h1-6,8H,7,13H2/b4-1-,14-5?. The van der Waals surface area contributed by atoms with E-state index < -0.39 is 5.82 Å². The first-order valence-electron chi connectivity index (χ1n) is 4.38. The number of aliphatic imine (C=N–C) groups is 1. The third-order valence-electron chi connectivity index (χ3n) is 1.77. The second-order valence-electron chi connectivity index (χ2n) is 2.85. The van der Waals surface area contributed by atoms with Gasteiger partial charge in [-0.2, -0.15) is 0 Å². The highest BCUT2D eigenvalue weighted by atomic mass is 19.1. The molecule has 1 rings (SSSR count). The van der Waals surface area contributed by atoms with Gasteiger partial charge in [-0.05, 0) is 30.0 Å². The fraction of sp³-hybridized carbons (Fsp3) is 0.0909. The molecule has 0 fully saturated rings. The summed E-state index contributed by atoms with van der Waals surface area (Å²) in [5.74, 6) is -0.521. The summed E-state index contributed by atoms with van der Waals surface area (Å²) >= 11 is 0. The van der Waals surface area contributed by atoms with Crippen LogP contribution in [0.4, 0.5) is 4.39 Å². The van der Waals surface area contributed by atoms with Gasteiger partial charge in [0.05, 0.1) is 12.1 Å². The van der Waals surface area contributed by atoms with Crippen molar-refractivity contribution in [3.8, 4) is 0 Å². The van der Waals surface area contributed by atoms with Crippen molar-refractivity contribution >= 4 is 12.5 Å². The molecule has 0 unspecified atom stereocenters. The normalized spacial score (nSPS) is 11.3. The van der Waals surface area contributed by atoms with Crippen molar-refractivity contribution in [3.63, 3.8) is 0 Å². The minimum Gasteiger partial charge on any atom is -0.405 e. The van der Waals surface area contributed by atoms with Gasteiger partial charge in [0.1, 0.15) is 5.82 Å². The van der Waals surface area contributed by atoms with Gasteiger partial charge in [0.15, 0.2) is 6.29 Å². The number of halogens is 1. The van der Waals surface area contributed by atoms with Crippen LogP contribution in [-0.4, -0.2) is 12.5 Å². The van der Waals surface area contributed by atoms with Gasteiger partial charge in [-0.15, -0.1) is 0 Å². The fourth-order valence-corrected chi connectivity index (χ4v) is 1.03. The molecule has 15 heavy (non-hydrogen) atoms. The van der Waals surface area contributed by atoms with Crippen LogP contribution in [0.1, 0.15) is 15.9 Å². The van der Waals surface area contributed by atoms with Crippen molar-refractivity contribution in [2.75, 3.05) is 0 Å². The number of nitrogens with zero attached hydrogens (tertiary/aromatic N) is 1. The Morgan fingerprint density at radius 1 is 1.47 bits per heavy atom. The quantitative estimate of drug-likeness (QED) is 0.602. The van der Waals surface area contributed by atoms with Crippen molar-refractivity contribution in [1.82, 2.24) is 0 Å². The first-order valence-corrected chi connectivity index (χ1v) is 4.38. The lowest BCUT2D eigenvalue weighted by molar-refractivity contribution is 0.112. The first kappa shape index (κ1) is 11.1. The van der Waals surface area contributed by atoms with Crippen LogP contribution in [0, 0.1) is 5.82 Å². The second kappa shape index (κ2) is 5.70. The average molecular weight is 206 g/mol. The zero-order valence-electron chi connectivity index (χ0n) is 8.06. The van der Waals surface area contributed by atoms with E-state index >= 15 is 0 Å². The highest BCUT2D eigenvalue weighted by Gasteiger charge is 2.00. The number of hydrogen-bond donors (Lipinski definition) is 1. The summed E-state index contributed by atoms with van der Waals surface area (Å²) < 4.78 is 13.1. The molecule has 0 spiro atoms. The average Bonchev–Trinajstić information content (AvgIpc) is 2.25. The summed E-state index contributed by atoms with van der Waals surface area (Å²) in [6, 6.07) is 4.40. The Balaban J connectivity index is 2.71. The number of rotatable bonds is 4. The summed E-state index contributed by atoms with van der Waals surface area (Å²) in [5.41, 5.74) is 5.87. The maximum absolute atomic E-state index is 13.1. The number of carbonyl (C=O) groups excluding carboxylic acids is 1. The molecule has 0 amide bonds. The SMILES string of the molecule is N/C=C\C=NCc1ccc(C=O)c(F)c1. The van der Waals surface area contributed by atoms with E-state index in [0.717, 1.165) is 0 Å². The van der Waals surface area contributed by atoms with E-state index in [1.165, 1.54) is 24.5 Å². The Bertz CT molecular complexity index is 400. The highest BCUT2D eigenvalue weighted by Crippen LogP contribution is 2.09. The number of benzene rings is 1. The van der Waals surface area contributed by atoms with Crippen LogP contribution in [0.5, 0.6) is 0 Å². The van der Waals surface area contributed by atoms with Gasteiger partial charge < -0.3 is 5.73 Å². The largest absolute Gasteiger partial charge is 0.405 e. The molecule has 2 N–H and O–H groups in total. The van der Waals surface area contributed by atoms with Gasteiger partial charge in [0.2, 0.25) is 0 Å². The van der Waals surface area contributed by atoms with E-state index in [-0.39, 0.29) is 5.56 Å². The topological polar surface area (TPSA) is 55.4 Å². The molecular formula is C11H11FN2O. The van der Waals surface area contributed by atoms with Gasteiger partial charge in [0, 0.05) is 6.21 Å². The third kappa shape index (κ3) is 3.34. The lowest BCUT2D eigenvalue weighted by Crippen LogP contribution is -1.90. The Kier molecular flexibility index (Phi) is 4.22. The number of nitrogens with two attached hydrogens (primary N) is 1. The first-order chi connectivity index (χ1) is 7.27. The van der Waals surface area contributed by atoms with Gasteiger partial charge in [0.25, 0.3) is 0 Å². The van der Waals surface area contributed by atoms with Crippen molar-refractivity contribution in [1.29, 1.82) is 0 Å². The van der Waals surface area contributed by atoms with E-state index in [0.29, 0.717) is 18.4 Å². The van der Waals surface area contributed by atoms with Crippen molar-refractivity contribution in [2.45, 2.75) is 6.54 Å². The molecule has 0 radical (unpaired) electrons. The highest BCUT2D eigenvalue weighted by molar-refractivity contribution is 5.75. The lowest BCUT2D eigenvalue weighted by Gasteiger charge is -1.98. The van der Waals surface area contributed by atoms with Crippen molar-refractivity contribution in [2.24, 2.45) is 10.7 Å². The molecule has 0 aromatic heterocycles.